The highest BCUT2D eigenvalue weighted by Gasteiger charge is 2.26. The first-order valence-electron chi connectivity index (χ1n) is 9.10. The number of aromatic nitrogens is 2. The number of rotatable bonds is 5. The monoisotopic (exact) mass is 570 g/mol. The minimum atomic E-state index is 0. The number of guanidine groups is 1. The van der Waals surface area contributed by atoms with E-state index in [0.29, 0.717) is 11.8 Å². The van der Waals surface area contributed by atoms with E-state index in [4.69, 9.17) is 9.47 Å². The van der Waals surface area contributed by atoms with Crippen molar-refractivity contribution in [3.05, 3.63) is 10.7 Å². The molecule has 1 saturated heterocycles. The summed E-state index contributed by atoms with van der Waals surface area (Å²) in [7, 11) is 5.18. The minimum absolute atomic E-state index is 0. The molecular formula is C18H32BrIN6O2. The van der Waals surface area contributed by atoms with Gasteiger partial charge in [0.25, 0.3) is 0 Å². The third-order valence-corrected chi connectivity index (χ3v) is 5.21. The smallest absolute Gasteiger partial charge is 0.232 e. The zero-order chi connectivity index (χ0) is 20.0. The molecule has 0 radical (unpaired) electrons. The Bertz CT molecular complexity index is 647. The lowest BCUT2D eigenvalue weighted by atomic mass is 9.89. The predicted molar refractivity (Wildman–Crippen MR) is 127 cm³/mol. The second-order valence-corrected chi connectivity index (χ2v) is 8.37. The predicted octanol–water partition coefficient (Wildman–Crippen LogP) is 2.62. The van der Waals surface area contributed by atoms with Crippen LogP contribution in [0.25, 0.3) is 0 Å². The van der Waals surface area contributed by atoms with Crippen LogP contribution in [0.4, 0.5) is 5.95 Å². The standard InChI is InChI=1S/C18H31BrN6O2.HI/c1-18(2,3)14(26-5)12-22-16(20-4)24-7-9-25(10-8-24)17-21-11-13(19)15(23-17)27-6;/h11,14H,7-10,12H2,1-6H3,(H,20,22);1H. The average Bonchev–Trinajstić information content (AvgIpc) is 2.65. The van der Waals surface area contributed by atoms with Crippen molar-refractivity contribution in [3.8, 4) is 5.88 Å². The molecule has 28 heavy (non-hydrogen) atoms. The summed E-state index contributed by atoms with van der Waals surface area (Å²) in [6.45, 7) is 10.6. The van der Waals surface area contributed by atoms with E-state index in [1.54, 1.807) is 20.4 Å². The number of aliphatic imine (C=N–C) groups is 1. The molecule has 1 aromatic heterocycles. The fourth-order valence-electron chi connectivity index (χ4n) is 3.02. The average molecular weight is 571 g/mol. The largest absolute Gasteiger partial charge is 0.480 e. The van der Waals surface area contributed by atoms with Gasteiger partial charge in [0, 0.05) is 46.9 Å². The molecule has 0 saturated carbocycles. The number of piperazine rings is 1. The Morgan fingerprint density at radius 2 is 1.93 bits per heavy atom. The zero-order valence-corrected chi connectivity index (χ0v) is 21.4. The first kappa shape index (κ1) is 25.2. The zero-order valence-electron chi connectivity index (χ0n) is 17.5. The Labute approximate surface area is 193 Å². The summed E-state index contributed by atoms with van der Waals surface area (Å²) in [5.74, 6) is 2.13. The topological polar surface area (TPSA) is 75.1 Å². The molecule has 8 nitrogen and oxygen atoms in total. The fourth-order valence-corrected chi connectivity index (χ4v) is 3.37. The number of halogens is 2. The fraction of sp³-hybridized carbons (Fsp3) is 0.722. The van der Waals surface area contributed by atoms with Crippen molar-refractivity contribution in [2.75, 3.05) is 58.9 Å². The van der Waals surface area contributed by atoms with E-state index < -0.39 is 0 Å². The van der Waals surface area contributed by atoms with E-state index in [1.165, 1.54) is 0 Å². The number of ether oxygens (including phenoxy) is 2. The molecule has 2 heterocycles. The van der Waals surface area contributed by atoms with Crippen LogP contribution in [0.2, 0.25) is 0 Å². The summed E-state index contributed by atoms with van der Waals surface area (Å²) in [5.41, 5.74) is 0.0667. The molecule has 1 aromatic rings. The molecule has 1 unspecified atom stereocenters. The minimum Gasteiger partial charge on any atom is -0.480 e. The Morgan fingerprint density at radius 3 is 2.43 bits per heavy atom. The van der Waals surface area contributed by atoms with Crippen molar-refractivity contribution in [1.29, 1.82) is 0 Å². The molecule has 1 N–H and O–H groups in total. The summed E-state index contributed by atoms with van der Waals surface area (Å²) in [4.78, 5) is 17.7. The Balaban J connectivity index is 0.00000392. The third-order valence-electron chi connectivity index (χ3n) is 4.66. The van der Waals surface area contributed by atoms with Crippen LogP contribution in [-0.4, -0.2) is 80.9 Å². The van der Waals surface area contributed by atoms with Crippen LogP contribution in [0.15, 0.2) is 15.7 Å². The van der Waals surface area contributed by atoms with Crippen LogP contribution in [0.5, 0.6) is 5.88 Å². The van der Waals surface area contributed by atoms with Crippen LogP contribution >= 0.6 is 39.9 Å². The summed E-state index contributed by atoms with van der Waals surface area (Å²) < 4.78 is 11.6. The molecule has 1 fully saturated rings. The first-order chi connectivity index (χ1) is 12.8. The van der Waals surface area contributed by atoms with Crippen molar-refractivity contribution in [2.45, 2.75) is 26.9 Å². The van der Waals surface area contributed by atoms with Crippen molar-refractivity contribution in [2.24, 2.45) is 10.4 Å². The summed E-state index contributed by atoms with van der Waals surface area (Å²) in [6.07, 6.45) is 1.84. The molecule has 2 rings (SSSR count). The molecule has 0 aliphatic carbocycles. The maximum Gasteiger partial charge on any atom is 0.232 e. The Kier molecular flexibility index (Phi) is 10.2. The summed E-state index contributed by atoms with van der Waals surface area (Å²) in [5, 5.41) is 3.45. The number of methoxy groups -OCH3 is 2. The molecular weight excluding hydrogens is 539 g/mol. The highest BCUT2D eigenvalue weighted by Crippen LogP contribution is 2.24. The molecule has 1 atom stereocenters. The number of hydrogen-bond acceptors (Lipinski definition) is 6. The highest BCUT2D eigenvalue weighted by atomic mass is 127. The van der Waals surface area contributed by atoms with Gasteiger partial charge in [0.15, 0.2) is 5.96 Å². The lowest BCUT2D eigenvalue weighted by molar-refractivity contribution is 0.0201. The van der Waals surface area contributed by atoms with Crippen molar-refractivity contribution < 1.29 is 9.47 Å². The van der Waals surface area contributed by atoms with Gasteiger partial charge in [0.2, 0.25) is 11.8 Å². The van der Waals surface area contributed by atoms with E-state index in [0.717, 1.165) is 43.2 Å². The third kappa shape index (κ3) is 6.58. The molecule has 0 bridgehead atoms. The van der Waals surface area contributed by atoms with Crippen LogP contribution in [-0.2, 0) is 4.74 Å². The molecule has 10 heteroatoms. The quantitative estimate of drug-likeness (QED) is 0.331. The van der Waals surface area contributed by atoms with Gasteiger partial charge >= 0.3 is 0 Å². The highest BCUT2D eigenvalue weighted by molar-refractivity contribution is 14.0. The molecule has 0 spiro atoms. The molecule has 1 aliphatic heterocycles. The van der Waals surface area contributed by atoms with E-state index in [1.807, 2.05) is 7.05 Å². The van der Waals surface area contributed by atoms with E-state index >= 15 is 0 Å². The number of nitrogens with one attached hydrogen (secondary N) is 1. The number of anilines is 1. The van der Waals surface area contributed by atoms with Gasteiger partial charge in [-0.05, 0) is 21.3 Å². The van der Waals surface area contributed by atoms with Gasteiger partial charge in [-0.1, -0.05) is 20.8 Å². The molecule has 0 amide bonds. The van der Waals surface area contributed by atoms with Gasteiger partial charge < -0.3 is 24.6 Å². The maximum atomic E-state index is 5.63. The van der Waals surface area contributed by atoms with E-state index in [2.05, 4.69) is 66.8 Å². The first-order valence-corrected chi connectivity index (χ1v) is 9.89. The lowest BCUT2D eigenvalue weighted by Gasteiger charge is -2.37. The van der Waals surface area contributed by atoms with E-state index in [9.17, 15) is 0 Å². The van der Waals surface area contributed by atoms with Gasteiger partial charge in [0.1, 0.15) is 0 Å². The van der Waals surface area contributed by atoms with Gasteiger partial charge in [-0.3, -0.25) is 4.99 Å². The van der Waals surface area contributed by atoms with Crippen LogP contribution in [0.3, 0.4) is 0 Å². The second kappa shape index (κ2) is 11.3. The molecule has 160 valence electrons. The van der Waals surface area contributed by atoms with Gasteiger partial charge in [-0.2, -0.15) is 4.98 Å². The van der Waals surface area contributed by atoms with Crippen LogP contribution in [0.1, 0.15) is 20.8 Å². The van der Waals surface area contributed by atoms with Crippen molar-refractivity contribution in [3.63, 3.8) is 0 Å². The van der Waals surface area contributed by atoms with Gasteiger partial charge in [-0.15, -0.1) is 24.0 Å². The SMILES string of the molecule is CN=C(NCC(OC)C(C)(C)C)N1CCN(c2ncc(Br)c(OC)n2)CC1.I. The van der Waals surface area contributed by atoms with Crippen LogP contribution < -0.4 is 15.0 Å². The summed E-state index contributed by atoms with van der Waals surface area (Å²) >= 11 is 3.39. The summed E-state index contributed by atoms with van der Waals surface area (Å²) in [6, 6.07) is 0. The van der Waals surface area contributed by atoms with Crippen molar-refractivity contribution in [1.82, 2.24) is 20.2 Å². The lowest BCUT2D eigenvalue weighted by Crippen LogP contribution is -2.54. The number of nitrogens with zero attached hydrogens (tertiary/aromatic N) is 5. The van der Waals surface area contributed by atoms with Crippen molar-refractivity contribution >= 4 is 51.8 Å². The van der Waals surface area contributed by atoms with Gasteiger partial charge in [-0.25, -0.2) is 4.98 Å². The number of hydrogen-bond donors (Lipinski definition) is 1. The Hall–Kier alpha value is -0.880. The van der Waals surface area contributed by atoms with E-state index in [-0.39, 0.29) is 35.5 Å². The Morgan fingerprint density at radius 1 is 1.29 bits per heavy atom. The maximum absolute atomic E-state index is 5.63. The molecule has 0 aromatic carbocycles. The molecule has 1 aliphatic rings. The second-order valence-electron chi connectivity index (χ2n) is 7.52. The van der Waals surface area contributed by atoms with Crippen LogP contribution in [0, 0.1) is 5.41 Å². The van der Waals surface area contributed by atoms with Gasteiger partial charge in [0.05, 0.1) is 23.9 Å². The normalized spacial score (nSPS) is 16.5.